The quantitative estimate of drug-likeness (QED) is 0.772. The molecule has 0 fully saturated rings. The summed E-state index contributed by atoms with van der Waals surface area (Å²) in [7, 11) is 0. The van der Waals surface area contributed by atoms with Gasteiger partial charge in [-0.25, -0.2) is 0 Å². The molecule has 1 aromatic rings. The maximum absolute atomic E-state index is 8.73. The molecule has 3 nitrogen and oxygen atoms in total. The summed E-state index contributed by atoms with van der Waals surface area (Å²) < 4.78 is 5.60. The maximum Gasteiger partial charge on any atom is 0.142 e. The number of ether oxygens (including phenoxy) is 1. The molecule has 0 bridgehead atoms. The molecule has 0 saturated heterocycles. The summed E-state index contributed by atoms with van der Waals surface area (Å²) in [5, 5.41) is 8.73. The van der Waals surface area contributed by atoms with E-state index in [2.05, 4.69) is 11.0 Å². The fraction of sp³-hybridized carbons (Fsp3) is 0.538. The van der Waals surface area contributed by atoms with Gasteiger partial charge in [0.25, 0.3) is 0 Å². The lowest BCUT2D eigenvalue weighted by atomic mass is 10.2. The van der Waals surface area contributed by atoms with Crippen LogP contribution < -0.4 is 9.64 Å². The summed E-state index contributed by atoms with van der Waals surface area (Å²) in [6.07, 6.45) is 3.14. The SMILES string of the molecule is OCCCCCN1CCOc2ccccc21. The number of para-hydroxylation sites is 2. The van der Waals surface area contributed by atoms with Crippen LogP contribution in [0.25, 0.3) is 0 Å². The first-order valence-corrected chi connectivity index (χ1v) is 5.99. The van der Waals surface area contributed by atoms with Gasteiger partial charge in [-0.1, -0.05) is 12.1 Å². The molecule has 3 heteroatoms. The summed E-state index contributed by atoms with van der Waals surface area (Å²) >= 11 is 0. The zero-order chi connectivity index (χ0) is 11.2. The second-order valence-electron chi connectivity index (χ2n) is 4.09. The van der Waals surface area contributed by atoms with Gasteiger partial charge < -0.3 is 14.7 Å². The first-order valence-electron chi connectivity index (χ1n) is 5.99. The number of fused-ring (bicyclic) bond motifs is 1. The largest absolute Gasteiger partial charge is 0.490 e. The summed E-state index contributed by atoms with van der Waals surface area (Å²) in [5.41, 5.74) is 1.21. The van der Waals surface area contributed by atoms with Gasteiger partial charge >= 0.3 is 0 Å². The zero-order valence-electron chi connectivity index (χ0n) is 9.56. The Hall–Kier alpha value is -1.22. The van der Waals surface area contributed by atoms with Gasteiger partial charge in [-0.05, 0) is 31.4 Å². The van der Waals surface area contributed by atoms with Crippen molar-refractivity contribution in [2.45, 2.75) is 19.3 Å². The van der Waals surface area contributed by atoms with Crippen LogP contribution in [0.2, 0.25) is 0 Å². The number of hydrogen-bond acceptors (Lipinski definition) is 3. The molecule has 1 aliphatic heterocycles. The van der Waals surface area contributed by atoms with E-state index in [0.717, 1.165) is 44.7 Å². The van der Waals surface area contributed by atoms with Crippen molar-refractivity contribution in [2.75, 3.05) is 31.2 Å². The van der Waals surface area contributed by atoms with Crippen molar-refractivity contribution in [3.63, 3.8) is 0 Å². The predicted molar refractivity (Wildman–Crippen MR) is 65.1 cm³/mol. The Bertz CT molecular complexity index is 327. The molecule has 1 heterocycles. The molecule has 0 atom stereocenters. The van der Waals surface area contributed by atoms with Crippen LogP contribution in [-0.4, -0.2) is 31.4 Å². The third kappa shape index (κ3) is 2.67. The van der Waals surface area contributed by atoms with Crippen molar-refractivity contribution in [3.8, 4) is 5.75 Å². The van der Waals surface area contributed by atoms with Crippen molar-refractivity contribution >= 4 is 5.69 Å². The van der Waals surface area contributed by atoms with Crippen LogP contribution in [0.3, 0.4) is 0 Å². The molecular formula is C13H19NO2. The first-order chi connectivity index (χ1) is 7.92. The van der Waals surface area contributed by atoms with E-state index >= 15 is 0 Å². The second-order valence-corrected chi connectivity index (χ2v) is 4.09. The van der Waals surface area contributed by atoms with Crippen molar-refractivity contribution in [2.24, 2.45) is 0 Å². The molecule has 0 aromatic heterocycles. The number of hydrogen-bond donors (Lipinski definition) is 1. The minimum Gasteiger partial charge on any atom is -0.490 e. The minimum atomic E-state index is 0.305. The van der Waals surface area contributed by atoms with Crippen LogP contribution in [-0.2, 0) is 0 Å². The summed E-state index contributed by atoms with van der Waals surface area (Å²) in [5.74, 6) is 0.996. The van der Waals surface area contributed by atoms with E-state index in [0.29, 0.717) is 6.61 Å². The van der Waals surface area contributed by atoms with Gasteiger partial charge in [0, 0.05) is 13.2 Å². The number of aliphatic hydroxyl groups excluding tert-OH is 1. The number of anilines is 1. The van der Waals surface area contributed by atoms with Crippen molar-refractivity contribution in [1.82, 2.24) is 0 Å². The lowest BCUT2D eigenvalue weighted by Crippen LogP contribution is -2.33. The van der Waals surface area contributed by atoms with Crippen LogP contribution in [0.4, 0.5) is 5.69 Å². The van der Waals surface area contributed by atoms with E-state index in [9.17, 15) is 0 Å². The number of aliphatic hydroxyl groups is 1. The molecule has 0 amide bonds. The maximum atomic E-state index is 8.73. The van der Waals surface area contributed by atoms with Gasteiger partial charge in [0.2, 0.25) is 0 Å². The first kappa shape index (κ1) is 11.3. The molecule has 0 aliphatic carbocycles. The molecule has 0 spiro atoms. The molecule has 1 aliphatic rings. The van der Waals surface area contributed by atoms with Gasteiger partial charge in [-0.3, -0.25) is 0 Å². The van der Waals surface area contributed by atoms with E-state index in [1.807, 2.05) is 18.2 Å². The molecule has 0 saturated carbocycles. The van der Waals surface area contributed by atoms with Crippen LogP contribution in [0.5, 0.6) is 5.75 Å². The lowest BCUT2D eigenvalue weighted by molar-refractivity contribution is 0.281. The Labute approximate surface area is 96.6 Å². The monoisotopic (exact) mass is 221 g/mol. The van der Waals surface area contributed by atoms with Crippen LogP contribution >= 0.6 is 0 Å². The Balaban J connectivity index is 1.91. The minimum absolute atomic E-state index is 0.305. The standard InChI is InChI=1S/C13H19NO2/c15-10-5-1-4-8-14-9-11-16-13-7-3-2-6-12(13)14/h2-3,6-7,15H,1,4-5,8-11H2. The molecule has 2 rings (SSSR count). The van der Waals surface area contributed by atoms with E-state index < -0.39 is 0 Å². The third-order valence-corrected chi connectivity index (χ3v) is 2.91. The summed E-state index contributed by atoms with van der Waals surface area (Å²) in [4.78, 5) is 2.37. The Kier molecular flexibility index (Phi) is 4.05. The lowest BCUT2D eigenvalue weighted by Gasteiger charge is -2.31. The highest BCUT2D eigenvalue weighted by atomic mass is 16.5. The van der Waals surface area contributed by atoms with E-state index in [4.69, 9.17) is 9.84 Å². The van der Waals surface area contributed by atoms with Crippen molar-refractivity contribution in [3.05, 3.63) is 24.3 Å². The fourth-order valence-corrected chi connectivity index (χ4v) is 2.05. The van der Waals surface area contributed by atoms with E-state index in [1.165, 1.54) is 5.69 Å². The smallest absolute Gasteiger partial charge is 0.142 e. The number of unbranched alkanes of at least 4 members (excludes halogenated alkanes) is 2. The van der Waals surface area contributed by atoms with Gasteiger partial charge in [-0.15, -0.1) is 0 Å². The molecule has 1 N–H and O–H groups in total. The van der Waals surface area contributed by atoms with Gasteiger partial charge in [-0.2, -0.15) is 0 Å². The average molecular weight is 221 g/mol. The Morgan fingerprint density at radius 1 is 1.19 bits per heavy atom. The number of benzene rings is 1. The van der Waals surface area contributed by atoms with Crippen LogP contribution in [0.15, 0.2) is 24.3 Å². The third-order valence-electron chi connectivity index (χ3n) is 2.91. The normalized spacial score (nSPS) is 14.4. The van der Waals surface area contributed by atoms with Gasteiger partial charge in [0.15, 0.2) is 0 Å². The van der Waals surface area contributed by atoms with E-state index in [1.54, 1.807) is 0 Å². The Morgan fingerprint density at radius 3 is 2.94 bits per heavy atom. The van der Waals surface area contributed by atoms with Crippen molar-refractivity contribution in [1.29, 1.82) is 0 Å². The topological polar surface area (TPSA) is 32.7 Å². The summed E-state index contributed by atoms with van der Waals surface area (Å²) in [6, 6.07) is 8.19. The van der Waals surface area contributed by atoms with Crippen LogP contribution in [0, 0.1) is 0 Å². The van der Waals surface area contributed by atoms with Crippen LogP contribution in [0.1, 0.15) is 19.3 Å². The highest BCUT2D eigenvalue weighted by Crippen LogP contribution is 2.30. The van der Waals surface area contributed by atoms with Crippen molar-refractivity contribution < 1.29 is 9.84 Å². The molecule has 0 unspecified atom stereocenters. The molecule has 1 aromatic carbocycles. The molecule has 88 valence electrons. The molecule has 16 heavy (non-hydrogen) atoms. The fourth-order valence-electron chi connectivity index (χ4n) is 2.05. The predicted octanol–water partition coefficient (Wildman–Crippen LogP) is 2.05. The average Bonchev–Trinajstić information content (AvgIpc) is 2.35. The summed E-state index contributed by atoms with van der Waals surface area (Å²) in [6.45, 7) is 3.10. The highest BCUT2D eigenvalue weighted by molar-refractivity contribution is 5.59. The molecule has 0 radical (unpaired) electrons. The second kappa shape index (κ2) is 5.75. The molecular weight excluding hydrogens is 202 g/mol. The highest BCUT2D eigenvalue weighted by Gasteiger charge is 2.16. The number of rotatable bonds is 5. The van der Waals surface area contributed by atoms with Gasteiger partial charge in [0.05, 0.1) is 12.2 Å². The number of nitrogens with zero attached hydrogens (tertiary/aromatic N) is 1. The Morgan fingerprint density at radius 2 is 2.06 bits per heavy atom. The zero-order valence-corrected chi connectivity index (χ0v) is 9.56. The van der Waals surface area contributed by atoms with Gasteiger partial charge in [0.1, 0.15) is 12.4 Å². The van der Waals surface area contributed by atoms with E-state index in [-0.39, 0.29) is 0 Å².